The molecule has 2 aromatic carbocycles. The highest BCUT2D eigenvalue weighted by molar-refractivity contribution is 9.10. The average Bonchev–Trinajstić information content (AvgIpc) is 2.84. The topological polar surface area (TPSA) is 29.9 Å². The van der Waals surface area contributed by atoms with E-state index >= 15 is 0 Å². The van der Waals surface area contributed by atoms with Gasteiger partial charge in [-0.05, 0) is 53.2 Å². The van der Waals surface area contributed by atoms with E-state index in [-0.39, 0.29) is 5.82 Å². The van der Waals surface area contributed by atoms with E-state index < -0.39 is 0 Å². The lowest BCUT2D eigenvalue weighted by molar-refractivity contribution is 0.620. The van der Waals surface area contributed by atoms with Crippen LogP contribution in [0.15, 0.2) is 59.2 Å². The van der Waals surface area contributed by atoms with Crippen molar-refractivity contribution in [2.45, 2.75) is 6.92 Å². The van der Waals surface area contributed by atoms with Gasteiger partial charge in [0.15, 0.2) is 0 Å². The van der Waals surface area contributed by atoms with E-state index in [0.29, 0.717) is 10.4 Å². The molecule has 1 heterocycles. The quantitative estimate of drug-likeness (QED) is 0.736. The van der Waals surface area contributed by atoms with Gasteiger partial charge >= 0.3 is 0 Å². The first-order chi connectivity index (χ1) is 10.1. The van der Waals surface area contributed by atoms with Gasteiger partial charge in [0.1, 0.15) is 5.82 Å². The number of imidazole rings is 1. The molecule has 0 aliphatic carbocycles. The molecule has 0 spiro atoms. The van der Waals surface area contributed by atoms with Crippen LogP contribution in [0.4, 0.5) is 16.0 Å². The van der Waals surface area contributed by atoms with Gasteiger partial charge in [0.05, 0.1) is 10.2 Å². The summed E-state index contributed by atoms with van der Waals surface area (Å²) in [5.41, 5.74) is 2.67. The lowest BCUT2D eigenvalue weighted by Crippen LogP contribution is -2.01. The van der Waals surface area contributed by atoms with Gasteiger partial charge in [-0.2, -0.15) is 0 Å². The Labute approximate surface area is 130 Å². The van der Waals surface area contributed by atoms with Gasteiger partial charge in [0.2, 0.25) is 5.95 Å². The molecule has 106 valence electrons. The molecule has 1 N–H and O–H groups in total. The van der Waals surface area contributed by atoms with Crippen molar-refractivity contribution in [3.05, 3.63) is 70.7 Å². The van der Waals surface area contributed by atoms with Crippen LogP contribution in [0, 0.1) is 12.7 Å². The first-order valence-electron chi connectivity index (χ1n) is 6.47. The number of hydrogen-bond acceptors (Lipinski definition) is 2. The Morgan fingerprint density at radius 2 is 1.90 bits per heavy atom. The highest BCUT2D eigenvalue weighted by atomic mass is 79.9. The van der Waals surface area contributed by atoms with Crippen molar-refractivity contribution in [3.63, 3.8) is 0 Å². The molecule has 0 atom stereocenters. The monoisotopic (exact) mass is 345 g/mol. The second-order valence-corrected chi connectivity index (χ2v) is 5.52. The summed E-state index contributed by atoms with van der Waals surface area (Å²) >= 11 is 3.21. The first kappa shape index (κ1) is 13.8. The van der Waals surface area contributed by atoms with E-state index in [1.807, 2.05) is 48.0 Å². The summed E-state index contributed by atoms with van der Waals surface area (Å²) in [5.74, 6) is 0.408. The number of nitrogens with one attached hydrogen (secondary N) is 1. The number of aromatic nitrogens is 2. The fraction of sp³-hybridized carbons (Fsp3) is 0.0625. The summed E-state index contributed by atoms with van der Waals surface area (Å²) < 4.78 is 15.7. The third-order valence-electron chi connectivity index (χ3n) is 3.04. The van der Waals surface area contributed by atoms with E-state index in [9.17, 15) is 4.39 Å². The Morgan fingerprint density at radius 1 is 1.14 bits per heavy atom. The van der Waals surface area contributed by atoms with Crippen LogP contribution in [0.3, 0.4) is 0 Å². The van der Waals surface area contributed by atoms with Gasteiger partial charge in [0.25, 0.3) is 0 Å². The van der Waals surface area contributed by atoms with Gasteiger partial charge in [-0.25, -0.2) is 9.37 Å². The molecule has 1 aromatic heterocycles. The van der Waals surface area contributed by atoms with Crippen LogP contribution in [0.1, 0.15) is 5.69 Å². The van der Waals surface area contributed by atoms with E-state index in [2.05, 4.69) is 26.2 Å². The molecule has 0 aliphatic rings. The van der Waals surface area contributed by atoms with Crippen LogP contribution < -0.4 is 5.32 Å². The first-order valence-corrected chi connectivity index (χ1v) is 7.26. The number of aryl methyl sites for hydroxylation is 1. The normalized spacial score (nSPS) is 10.6. The number of anilines is 2. The molecule has 3 rings (SSSR count). The predicted octanol–water partition coefficient (Wildman–Crippen LogP) is 4.83. The van der Waals surface area contributed by atoms with E-state index in [4.69, 9.17) is 0 Å². The molecule has 0 radical (unpaired) electrons. The number of halogens is 2. The molecule has 21 heavy (non-hydrogen) atoms. The maximum atomic E-state index is 13.4. The molecule has 5 heteroatoms. The molecule has 0 amide bonds. The zero-order valence-electron chi connectivity index (χ0n) is 11.3. The SMILES string of the molecule is Cc1cn(-c2ccc(F)c(Br)c2)c(Nc2ccccc2)n1. The second kappa shape index (κ2) is 5.69. The lowest BCUT2D eigenvalue weighted by atomic mass is 10.3. The van der Waals surface area contributed by atoms with Crippen molar-refractivity contribution < 1.29 is 4.39 Å². The minimum atomic E-state index is -0.284. The maximum Gasteiger partial charge on any atom is 0.212 e. The Hall–Kier alpha value is -2.14. The fourth-order valence-electron chi connectivity index (χ4n) is 2.07. The largest absolute Gasteiger partial charge is 0.325 e. The van der Waals surface area contributed by atoms with E-state index in [0.717, 1.165) is 17.1 Å². The van der Waals surface area contributed by atoms with Crippen LogP contribution in [0.2, 0.25) is 0 Å². The number of benzene rings is 2. The molecule has 3 aromatic rings. The number of nitrogens with zero attached hydrogens (tertiary/aromatic N) is 2. The van der Waals surface area contributed by atoms with Crippen LogP contribution in [-0.4, -0.2) is 9.55 Å². The highest BCUT2D eigenvalue weighted by Gasteiger charge is 2.09. The maximum absolute atomic E-state index is 13.4. The van der Waals surface area contributed by atoms with E-state index in [1.165, 1.54) is 6.07 Å². The smallest absolute Gasteiger partial charge is 0.212 e. The molecule has 0 fully saturated rings. The Balaban J connectivity index is 2.01. The van der Waals surface area contributed by atoms with Gasteiger partial charge in [-0.15, -0.1) is 0 Å². The van der Waals surface area contributed by atoms with Crippen LogP contribution >= 0.6 is 15.9 Å². The average molecular weight is 346 g/mol. The van der Waals surface area contributed by atoms with Crippen molar-refractivity contribution in [1.82, 2.24) is 9.55 Å². The summed E-state index contributed by atoms with van der Waals surface area (Å²) in [6.07, 6.45) is 1.91. The van der Waals surface area contributed by atoms with Crippen molar-refractivity contribution in [1.29, 1.82) is 0 Å². The standard InChI is InChI=1S/C16H13BrFN3/c1-11-10-21(13-7-8-15(18)14(17)9-13)16(19-11)20-12-5-3-2-4-6-12/h2-10H,1H3,(H,19,20). The third kappa shape index (κ3) is 2.97. The molecule has 0 saturated carbocycles. The molecular weight excluding hydrogens is 333 g/mol. The predicted molar refractivity (Wildman–Crippen MR) is 85.7 cm³/mol. The lowest BCUT2D eigenvalue weighted by Gasteiger charge is -2.10. The van der Waals surface area contributed by atoms with Crippen LogP contribution in [0.25, 0.3) is 5.69 Å². The summed E-state index contributed by atoms with van der Waals surface area (Å²) in [6, 6.07) is 14.7. The summed E-state index contributed by atoms with van der Waals surface area (Å²) in [5, 5.41) is 3.27. The molecule has 0 aliphatic heterocycles. The van der Waals surface area contributed by atoms with Gasteiger partial charge < -0.3 is 5.32 Å². The van der Waals surface area contributed by atoms with E-state index in [1.54, 1.807) is 12.1 Å². The Kier molecular flexibility index (Phi) is 3.75. The summed E-state index contributed by atoms with van der Waals surface area (Å²) in [7, 11) is 0. The van der Waals surface area contributed by atoms with Crippen molar-refractivity contribution >= 4 is 27.6 Å². The molecule has 3 nitrogen and oxygen atoms in total. The van der Waals surface area contributed by atoms with Crippen molar-refractivity contribution in [3.8, 4) is 5.69 Å². The highest BCUT2D eigenvalue weighted by Crippen LogP contribution is 2.24. The molecular formula is C16H13BrFN3. The van der Waals surface area contributed by atoms with Crippen LogP contribution in [0.5, 0.6) is 0 Å². The van der Waals surface area contributed by atoms with Crippen molar-refractivity contribution in [2.75, 3.05) is 5.32 Å². The molecule has 0 unspecified atom stereocenters. The Bertz CT molecular complexity index is 768. The summed E-state index contributed by atoms with van der Waals surface area (Å²) in [6.45, 7) is 1.92. The number of para-hydroxylation sites is 1. The second-order valence-electron chi connectivity index (χ2n) is 4.67. The molecule has 0 bridgehead atoms. The van der Waals surface area contributed by atoms with Crippen LogP contribution in [-0.2, 0) is 0 Å². The van der Waals surface area contributed by atoms with Crippen molar-refractivity contribution in [2.24, 2.45) is 0 Å². The van der Waals surface area contributed by atoms with Gasteiger partial charge in [-0.3, -0.25) is 4.57 Å². The third-order valence-corrected chi connectivity index (χ3v) is 3.65. The summed E-state index contributed by atoms with van der Waals surface area (Å²) in [4.78, 5) is 4.48. The zero-order chi connectivity index (χ0) is 14.8. The Morgan fingerprint density at radius 3 is 2.62 bits per heavy atom. The number of hydrogen-bond donors (Lipinski definition) is 1. The van der Waals surface area contributed by atoms with Gasteiger partial charge in [0, 0.05) is 17.6 Å². The number of rotatable bonds is 3. The zero-order valence-corrected chi connectivity index (χ0v) is 12.9. The van der Waals surface area contributed by atoms with Gasteiger partial charge in [-0.1, -0.05) is 18.2 Å². The minimum absolute atomic E-state index is 0.284. The fourth-order valence-corrected chi connectivity index (χ4v) is 2.43. The molecule has 0 saturated heterocycles. The minimum Gasteiger partial charge on any atom is -0.325 e.